The van der Waals surface area contributed by atoms with Crippen molar-refractivity contribution in [1.29, 1.82) is 0 Å². The minimum absolute atomic E-state index is 0.188. The first-order valence-electron chi connectivity index (χ1n) is 5.67. The van der Waals surface area contributed by atoms with Gasteiger partial charge in [-0.3, -0.25) is 4.79 Å². The summed E-state index contributed by atoms with van der Waals surface area (Å²) < 4.78 is 0. The molecule has 1 rings (SSSR count). The third-order valence-corrected chi connectivity index (χ3v) is 4.55. The van der Waals surface area contributed by atoms with Gasteiger partial charge in [0.15, 0.2) is 0 Å². The highest BCUT2D eigenvalue weighted by Crippen LogP contribution is 2.13. The lowest BCUT2D eigenvalue weighted by atomic mass is 10.2. The monoisotopic (exact) mass is 272 g/mol. The highest BCUT2D eigenvalue weighted by atomic mass is 32.2. The molecule has 0 saturated carbocycles. The van der Waals surface area contributed by atoms with Gasteiger partial charge in [0.1, 0.15) is 0 Å². The van der Waals surface area contributed by atoms with Crippen LogP contribution in [0.5, 0.6) is 0 Å². The van der Waals surface area contributed by atoms with Crippen molar-refractivity contribution in [3.05, 3.63) is 22.4 Å². The van der Waals surface area contributed by atoms with Gasteiger partial charge in [0.25, 0.3) is 0 Å². The van der Waals surface area contributed by atoms with Crippen LogP contribution in [0.2, 0.25) is 0 Å². The molecule has 5 heteroatoms. The number of nitrogens with zero attached hydrogens (tertiary/aromatic N) is 1. The molecule has 0 aromatic carbocycles. The lowest BCUT2D eigenvalue weighted by Crippen LogP contribution is -2.28. The summed E-state index contributed by atoms with van der Waals surface area (Å²) >= 11 is 3.35. The van der Waals surface area contributed by atoms with Gasteiger partial charge < -0.3 is 10.6 Å². The molecule has 0 aliphatic carbocycles. The fourth-order valence-electron chi connectivity index (χ4n) is 1.25. The Labute approximate surface area is 111 Å². The lowest BCUT2D eigenvalue weighted by molar-refractivity contribution is -0.127. The quantitative estimate of drug-likeness (QED) is 0.826. The fourth-order valence-corrected chi connectivity index (χ4v) is 3.06. The second-order valence-electron chi connectivity index (χ2n) is 4.19. The summed E-state index contributed by atoms with van der Waals surface area (Å²) in [5, 5.41) is 2.03. The maximum Gasteiger partial charge on any atom is 0.232 e. The topological polar surface area (TPSA) is 46.3 Å². The predicted octanol–water partition coefficient (Wildman–Crippen LogP) is 2.03. The smallest absolute Gasteiger partial charge is 0.232 e. The number of thiophene rings is 1. The average molecular weight is 272 g/mol. The molecule has 0 aliphatic rings. The number of hydrogen-bond donors (Lipinski definition) is 1. The van der Waals surface area contributed by atoms with Gasteiger partial charge in [-0.05, 0) is 29.7 Å². The van der Waals surface area contributed by atoms with Gasteiger partial charge in [-0.1, -0.05) is 13.0 Å². The zero-order valence-electron chi connectivity index (χ0n) is 10.4. The molecule has 1 amide bonds. The molecular weight excluding hydrogens is 252 g/mol. The molecule has 0 bridgehead atoms. The Bertz CT molecular complexity index is 327. The summed E-state index contributed by atoms with van der Waals surface area (Å²) in [6, 6.07) is 4.06. The fraction of sp³-hybridized carbons (Fsp3) is 0.583. The molecule has 1 heterocycles. The Morgan fingerprint density at radius 3 is 3.00 bits per heavy atom. The second-order valence-corrected chi connectivity index (χ2v) is 6.25. The summed E-state index contributed by atoms with van der Waals surface area (Å²) in [6.45, 7) is 3.50. The van der Waals surface area contributed by atoms with Crippen LogP contribution in [0.1, 0.15) is 11.8 Å². The Morgan fingerprint density at radius 2 is 2.41 bits per heavy atom. The van der Waals surface area contributed by atoms with E-state index in [1.165, 1.54) is 4.88 Å². The van der Waals surface area contributed by atoms with Gasteiger partial charge in [0.05, 0.1) is 12.3 Å². The molecule has 0 aliphatic heterocycles. The van der Waals surface area contributed by atoms with E-state index in [1.807, 2.05) is 18.5 Å². The largest absolute Gasteiger partial charge is 0.340 e. The van der Waals surface area contributed by atoms with Crippen LogP contribution >= 0.6 is 23.1 Å². The maximum absolute atomic E-state index is 11.8. The van der Waals surface area contributed by atoms with E-state index in [1.54, 1.807) is 28.0 Å². The highest BCUT2D eigenvalue weighted by molar-refractivity contribution is 7.99. The first kappa shape index (κ1) is 14.5. The van der Waals surface area contributed by atoms with Crippen molar-refractivity contribution in [3.8, 4) is 0 Å². The Hall–Kier alpha value is -0.520. The number of carbonyl (C=O) groups is 1. The SMILES string of the molecule is CC(CN)CSCC(=O)N(C)Cc1cccs1. The van der Waals surface area contributed by atoms with Gasteiger partial charge in [0.2, 0.25) is 5.91 Å². The highest BCUT2D eigenvalue weighted by Gasteiger charge is 2.10. The van der Waals surface area contributed by atoms with Crippen LogP contribution in [0.25, 0.3) is 0 Å². The molecule has 1 aromatic heterocycles. The van der Waals surface area contributed by atoms with Crippen LogP contribution < -0.4 is 5.73 Å². The third kappa shape index (κ3) is 5.57. The van der Waals surface area contributed by atoms with Gasteiger partial charge in [0, 0.05) is 11.9 Å². The van der Waals surface area contributed by atoms with Crippen molar-refractivity contribution in [3.63, 3.8) is 0 Å². The maximum atomic E-state index is 11.8. The Morgan fingerprint density at radius 1 is 1.65 bits per heavy atom. The molecule has 1 atom stereocenters. The first-order valence-corrected chi connectivity index (χ1v) is 7.71. The predicted molar refractivity (Wildman–Crippen MR) is 76.3 cm³/mol. The number of thioether (sulfide) groups is 1. The van der Waals surface area contributed by atoms with Crippen molar-refractivity contribution >= 4 is 29.0 Å². The summed E-state index contributed by atoms with van der Waals surface area (Å²) in [5.74, 6) is 2.17. The Balaban J connectivity index is 2.23. The van der Waals surface area contributed by atoms with Crippen LogP contribution in [-0.4, -0.2) is 35.9 Å². The summed E-state index contributed by atoms with van der Waals surface area (Å²) in [7, 11) is 1.86. The van der Waals surface area contributed by atoms with Crippen molar-refractivity contribution in [2.24, 2.45) is 11.7 Å². The zero-order chi connectivity index (χ0) is 12.7. The summed E-state index contributed by atoms with van der Waals surface area (Å²) in [5.41, 5.74) is 5.53. The normalized spacial score (nSPS) is 12.4. The van der Waals surface area contributed by atoms with Crippen LogP contribution in [0.4, 0.5) is 0 Å². The van der Waals surface area contributed by atoms with Gasteiger partial charge in [-0.25, -0.2) is 0 Å². The number of hydrogen-bond acceptors (Lipinski definition) is 4. The number of carbonyl (C=O) groups excluding carboxylic acids is 1. The second kappa shape index (κ2) is 7.74. The molecule has 3 nitrogen and oxygen atoms in total. The van der Waals surface area contributed by atoms with E-state index in [0.29, 0.717) is 24.8 Å². The van der Waals surface area contributed by atoms with Crippen LogP contribution in [0.15, 0.2) is 17.5 Å². The van der Waals surface area contributed by atoms with Crippen LogP contribution in [0.3, 0.4) is 0 Å². The molecule has 17 heavy (non-hydrogen) atoms. The molecule has 0 spiro atoms. The number of amides is 1. The molecule has 2 N–H and O–H groups in total. The van der Waals surface area contributed by atoms with Crippen molar-refractivity contribution in [2.75, 3.05) is 25.1 Å². The summed E-state index contributed by atoms with van der Waals surface area (Å²) in [4.78, 5) is 14.8. The lowest BCUT2D eigenvalue weighted by Gasteiger charge is -2.16. The molecule has 1 unspecified atom stereocenters. The Kier molecular flexibility index (Phi) is 6.62. The van der Waals surface area contributed by atoms with E-state index in [2.05, 4.69) is 13.0 Å². The zero-order valence-corrected chi connectivity index (χ0v) is 12.0. The van der Waals surface area contributed by atoms with E-state index in [-0.39, 0.29) is 5.91 Å². The third-order valence-electron chi connectivity index (χ3n) is 2.43. The summed E-state index contributed by atoms with van der Waals surface area (Å²) in [6.07, 6.45) is 0. The standard InChI is InChI=1S/C12H20N2OS2/c1-10(6-13)8-16-9-12(15)14(2)7-11-4-3-5-17-11/h3-5,10H,6-9,13H2,1-2H3. The van der Waals surface area contributed by atoms with Gasteiger partial charge in [-0.2, -0.15) is 11.8 Å². The average Bonchev–Trinajstić information content (AvgIpc) is 2.81. The number of nitrogens with two attached hydrogens (primary N) is 1. The minimum Gasteiger partial charge on any atom is -0.340 e. The van der Waals surface area contributed by atoms with E-state index < -0.39 is 0 Å². The molecular formula is C12H20N2OS2. The number of rotatable bonds is 7. The molecule has 0 radical (unpaired) electrons. The van der Waals surface area contributed by atoms with E-state index in [9.17, 15) is 4.79 Å². The van der Waals surface area contributed by atoms with E-state index >= 15 is 0 Å². The minimum atomic E-state index is 0.188. The molecule has 1 aromatic rings. The molecule has 96 valence electrons. The van der Waals surface area contributed by atoms with E-state index in [4.69, 9.17) is 5.73 Å². The first-order chi connectivity index (χ1) is 8.13. The van der Waals surface area contributed by atoms with Crippen LogP contribution in [0, 0.1) is 5.92 Å². The van der Waals surface area contributed by atoms with Crippen molar-refractivity contribution in [2.45, 2.75) is 13.5 Å². The van der Waals surface area contributed by atoms with Crippen LogP contribution in [-0.2, 0) is 11.3 Å². The van der Waals surface area contributed by atoms with Gasteiger partial charge in [-0.15, -0.1) is 11.3 Å². The molecule has 0 saturated heterocycles. The van der Waals surface area contributed by atoms with Crippen molar-refractivity contribution < 1.29 is 4.79 Å². The molecule has 0 fully saturated rings. The van der Waals surface area contributed by atoms with Crippen molar-refractivity contribution in [1.82, 2.24) is 4.90 Å². The van der Waals surface area contributed by atoms with Gasteiger partial charge >= 0.3 is 0 Å². The van der Waals surface area contributed by atoms with E-state index in [0.717, 1.165) is 5.75 Å².